The van der Waals surface area contributed by atoms with Crippen LogP contribution >= 0.6 is 0 Å². The van der Waals surface area contributed by atoms with Crippen molar-refractivity contribution in [1.29, 1.82) is 0 Å². The van der Waals surface area contributed by atoms with E-state index in [-0.39, 0.29) is 10.6 Å². The normalized spacial score (nSPS) is 12.9. The van der Waals surface area contributed by atoms with Crippen molar-refractivity contribution in [3.63, 3.8) is 0 Å². The maximum Gasteiger partial charge on any atom is 0.430 e. The molecule has 0 aliphatic carbocycles. The Morgan fingerprint density at radius 2 is 1.76 bits per heavy atom. The molecule has 4 nitrogen and oxygen atoms in total. The summed E-state index contributed by atoms with van der Waals surface area (Å²) in [6.07, 6.45) is -4.87. The van der Waals surface area contributed by atoms with E-state index in [0.717, 1.165) is 5.56 Å². The summed E-state index contributed by atoms with van der Waals surface area (Å²) in [5.74, 6) is -0.916. The highest BCUT2D eigenvalue weighted by Crippen LogP contribution is 2.26. The molecular formula is C17H16F3NO3S. The number of hydrogen-bond acceptors (Lipinski definition) is 4. The van der Waals surface area contributed by atoms with Gasteiger partial charge >= 0.3 is 6.18 Å². The van der Waals surface area contributed by atoms with Crippen molar-refractivity contribution in [3.05, 3.63) is 54.1 Å². The van der Waals surface area contributed by atoms with Gasteiger partial charge in [-0.15, -0.1) is 0 Å². The van der Waals surface area contributed by atoms with E-state index in [1.165, 1.54) is 49.6 Å². The van der Waals surface area contributed by atoms with Crippen LogP contribution in [0.1, 0.15) is 5.56 Å². The van der Waals surface area contributed by atoms with E-state index in [9.17, 15) is 21.6 Å². The number of ether oxygens (including phenoxy) is 1. The van der Waals surface area contributed by atoms with Gasteiger partial charge in [0.25, 0.3) is 0 Å². The summed E-state index contributed by atoms with van der Waals surface area (Å²) < 4.78 is 69.4. The number of nitrogens with zero attached hydrogens (tertiary/aromatic N) is 1. The molecule has 0 aliphatic rings. The van der Waals surface area contributed by atoms with Crippen LogP contribution < -0.4 is 4.74 Å². The Labute approximate surface area is 143 Å². The molecule has 0 saturated heterocycles. The molecule has 0 atom stereocenters. The highest BCUT2D eigenvalue weighted by Gasteiger charge is 2.39. The summed E-state index contributed by atoms with van der Waals surface area (Å²) in [5, 5.41) is 0. The summed E-state index contributed by atoms with van der Waals surface area (Å²) in [4.78, 5) is 3.32. The zero-order valence-corrected chi connectivity index (χ0v) is 14.4. The van der Waals surface area contributed by atoms with Gasteiger partial charge in [0, 0.05) is 6.07 Å². The molecule has 0 heterocycles. The monoisotopic (exact) mass is 371 g/mol. The topological polar surface area (TPSA) is 55.7 Å². The van der Waals surface area contributed by atoms with Crippen LogP contribution in [0, 0.1) is 6.92 Å². The molecule has 2 rings (SSSR count). The zero-order chi connectivity index (χ0) is 18.7. The lowest BCUT2D eigenvalue weighted by Crippen LogP contribution is -2.30. The zero-order valence-electron chi connectivity index (χ0n) is 13.5. The molecule has 2 aromatic carbocycles. The Kier molecular flexibility index (Phi) is 5.52. The van der Waals surface area contributed by atoms with Crippen LogP contribution in [0.25, 0.3) is 0 Å². The van der Waals surface area contributed by atoms with Crippen molar-refractivity contribution in [2.24, 2.45) is 4.99 Å². The fourth-order valence-corrected chi connectivity index (χ4v) is 3.33. The van der Waals surface area contributed by atoms with Crippen LogP contribution in [0.5, 0.6) is 5.75 Å². The first-order chi connectivity index (χ1) is 11.6. The van der Waals surface area contributed by atoms with Crippen LogP contribution in [-0.4, -0.2) is 33.2 Å². The van der Waals surface area contributed by atoms with Crippen LogP contribution in [0.2, 0.25) is 0 Å². The second-order valence-electron chi connectivity index (χ2n) is 5.33. The van der Waals surface area contributed by atoms with Crippen LogP contribution in [0.15, 0.2) is 58.4 Å². The molecule has 25 heavy (non-hydrogen) atoms. The van der Waals surface area contributed by atoms with Crippen LogP contribution in [0.3, 0.4) is 0 Å². The fourth-order valence-electron chi connectivity index (χ4n) is 2.02. The lowest BCUT2D eigenvalue weighted by atomic mass is 10.2. The molecule has 0 amide bonds. The molecule has 8 heteroatoms. The lowest BCUT2D eigenvalue weighted by Gasteiger charge is -2.12. The van der Waals surface area contributed by atoms with Gasteiger partial charge in [-0.1, -0.05) is 23.8 Å². The number of alkyl halides is 3. The Hall–Kier alpha value is -2.35. The quantitative estimate of drug-likeness (QED) is 0.743. The number of benzene rings is 2. The first-order valence-corrected chi connectivity index (χ1v) is 8.85. The molecule has 0 bridgehead atoms. The Morgan fingerprint density at radius 3 is 2.32 bits per heavy atom. The van der Waals surface area contributed by atoms with Gasteiger partial charge in [0.1, 0.15) is 17.2 Å². The molecule has 0 saturated carbocycles. The number of methoxy groups -OCH3 is 1. The summed E-state index contributed by atoms with van der Waals surface area (Å²) >= 11 is 0. The third kappa shape index (κ3) is 5.06. The van der Waals surface area contributed by atoms with E-state index in [0.29, 0.717) is 5.75 Å². The highest BCUT2D eigenvalue weighted by atomic mass is 32.2. The first kappa shape index (κ1) is 19.0. The lowest BCUT2D eigenvalue weighted by molar-refractivity contribution is -0.0589. The predicted molar refractivity (Wildman–Crippen MR) is 89.4 cm³/mol. The van der Waals surface area contributed by atoms with E-state index in [1.807, 2.05) is 0 Å². The van der Waals surface area contributed by atoms with E-state index >= 15 is 0 Å². The van der Waals surface area contributed by atoms with E-state index in [2.05, 4.69) is 4.99 Å². The standard InChI is InChI=1S/C17H16F3NO3S/c1-12-6-8-15(9-7-12)25(22,23)11-16(17(18,19)20)21-13-4-3-5-14(10-13)24-2/h3-10H,11H2,1-2H3. The number of rotatable bonds is 5. The maximum atomic E-state index is 13.3. The minimum atomic E-state index is -4.87. The van der Waals surface area contributed by atoms with Crippen molar-refractivity contribution in [2.75, 3.05) is 12.9 Å². The van der Waals surface area contributed by atoms with E-state index in [4.69, 9.17) is 4.74 Å². The van der Waals surface area contributed by atoms with Gasteiger partial charge in [-0.05, 0) is 31.2 Å². The average molecular weight is 371 g/mol. The molecule has 0 fully saturated rings. The van der Waals surface area contributed by atoms with Crippen LogP contribution in [0.4, 0.5) is 18.9 Å². The Morgan fingerprint density at radius 1 is 1.12 bits per heavy atom. The Bertz CT molecular complexity index is 873. The maximum absolute atomic E-state index is 13.3. The number of hydrogen-bond donors (Lipinski definition) is 0. The third-order valence-electron chi connectivity index (χ3n) is 3.35. The average Bonchev–Trinajstić information content (AvgIpc) is 2.54. The van der Waals surface area contributed by atoms with Crippen molar-refractivity contribution >= 4 is 21.2 Å². The van der Waals surface area contributed by atoms with Gasteiger partial charge in [-0.25, -0.2) is 13.4 Å². The number of sulfone groups is 1. The minimum Gasteiger partial charge on any atom is -0.497 e. The molecule has 0 spiro atoms. The number of aryl methyl sites for hydroxylation is 1. The van der Waals surface area contributed by atoms with E-state index in [1.54, 1.807) is 13.0 Å². The largest absolute Gasteiger partial charge is 0.497 e. The summed E-state index contributed by atoms with van der Waals surface area (Å²) in [6.45, 7) is 1.75. The molecule has 0 radical (unpaired) electrons. The number of aliphatic imine (C=N–C) groups is 1. The molecule has 0 unspecified atom stereocenters. The predicted octanol–water partition coefficient (Wildman–Crippen LogP) is 4.11. The minimum absolute atomic E-state index is 0.0363. The van der Waals surface area contributed by atoms with Crippen molar-refractivity contribution in [3.8, 4) is 5.75 Å². The van der Waals surface area contributed by atoms with Crippen molar-refractivity contribution < 1.29 is 26.3 Å². The highest BCUT2D eigenvalue weighted by molar-refractivity contribution is 7.92. The van der Waals surface area contributed by atoms with Gasteiger partial charge in [0.05, 0.1) is 17.7 Å². The second-order valence-corrected chi connectivity index (χ2v) is 7.32. The van der Waals surface area contributed by atoms with Crippen molar-refractivity contribution in [1.82, 2.24) is 0 Å². The Balaban J connectivity index is 2.41. The molecular weight excluding hydrogens is 355 g/mol. The molecule has 0 aromatic heterocycles. The first-order valence-electron chi connectivity index (χ1n) is 7.20. The molecule has 0 aliphatic heterocycles. The van der Waals surface area contributed by atoms with Gasteiger partial charge < -0.3 is 4.74 Å². The smallest absolute Gasteiger partial charge is 0.430 e. The molecule has 134 valence electrons. The third-order valence-corrected chi connectivity index (χ3v) is 5.00. The summed E-state index contributed by atoms with van der Waals surface area (Å²) in [7, 11) is -2.81. The second kappa shape index (κ2) is 7.26. The van der Waals surface area contributed by atoms with Crippen molar-refractivity contribution in [2.45, 2.75) is 18.0 Å². The van der Waals surface area contributed by atoms with Gasteiger partial charge in [-0.3, -0.25) is 0 Å². The fraction of sp³-hybridized carbons (Fsp3) is 0.235. The molecule has 2 aromatic rings. The van der Waals surface area contributed by atoms with Gasteiger partial charge in [0.15, 0.2) is 9.84 Å². The van der Waals surface area contributed by atoms with E-state index < -0.39 is 27.5 Å². The number of halogens is 3. The van der Waals surface area contributed by atoms with Crippen LogP contribution in [-0.2, 0) is 9.84 Å². The molecule has 0 N–H and O–H groups in total. The SMILES string of the molecule is COc1cccc(N=C(CS(=O)(=O)c2ccc(C)cc2)C(F)(F)F)c1. The van der Waals surface area contributed by atoms with Gasteiger partial charge in [0.2, 0.25) is 0 Å². The van der Waals surface area contributed by atoms with Gasteiger partial charge in [-0.2, -0.15) is 13.2 Å². The summed E-state index contributed by atoms with van der Waals surface area (Å²) in [6, 6.07) is 11.3. The summed E-state index contributed by atoms with van der Waals surface area (Å²) in [5.41, 5.74) is -0.618.